The van der Waals surface area contributed by atoms with E-state index < -0.39 is 10.1 Å². The van der Waals surface area contributed by atoms with Crippen LogP contribution in [0.4, 0.5) is 0 Å². The van der Waals surface area contributed by atoms with E-state index >= 15 is 0 Å². The highest BCUT2D eigenvalue weighted by Crippen LogP contribution is 2.33. The minimum Gasteiger partial charge on any atom is -0.309 e. The van der Waals surface area contributed by atoms with Crippen molar-refractivity contribution in [1.29, 1.82) is 0 Å². The van der Waals surface area contributed by atoms with Crippen LogP contribution in [0.1, 0.15) is 19.3 Å². The number of hydrogen-bond acceptors (Lipinski definition) is 2. The summed E-state index contributed by atoms with van der Waals surface area (Å²) < 4.78 is 31.1. The average molecular weight is 206 g/mol. The van der Waals surface area contributed by atoms with Gasteiger partial charge >= 0.3 is 10.1 Å². The molecule has 13 heavy (non-hydrogen) atoms. The Bertz CT molecular complexity index is 277. The van der Waals surface area contributed by atoms with Crippen molar-refractivity contribution in [3.05, 3.63) is 0 Å². The predicted octanol–water partition coefficient (Wildman–Crippen LogP) is 0.462. The topological polar surface area (TPSA) is 54.4 Å². The Balaban J connectivity index is 2.11. The molecule has 0 aromatic carbocycles. The van der Waals surface area contributed by atoms with Crippen LogP contribution in [-0.2, 0) is 10.1 Å². The van der Waals surface area contributed by atoms with E-state index in [4.69, 9.17) is 4.55 Å². The molecule has 3 rings (SSSR count). The Morgan fingerprint density at radius 3 is 2.00 bits per heavy atom. The second kappa shape index (κ2) is 2.93. The van der Waals surface area contributed by atoms with E-state index in [0.717, 1.165) is 44.8 Å². The lowest BCUT2D eigenvalue weighted by Gasteiger charge is -2.48. The van der Waals surface area contributed by atoms with Gasteiger partial charge in [0.05, 0.1) is 19.6 Å². The molecule has 0 aromatic rings. The van der Waals surface area contributed by atoms with Crippen molar-refractivity contribution in [2.45, 2.75) is 19.3 Å². The normalized spacial score (nSPS) is 39.3. The number of fused-ring (bicyclic) bond motifs is 3. The zero-order chi connectivity index (χ0) is 9.53. The standard InChI is InChI=1S/C8H15NO3S/c10-13(11,12)7-9-4-1-8(2-5-9)3-6-9/h8H,1-7H2/p+1. The Morgan fingerprint density at radius 1 is 1.15 bits per heavy atom. The quantitative estimate of drug-likeness (QED) is 0.527. The molecule has 0 spiro atoms. The highest BCUT2D eigenvalue weighted by molar-refractivity contribution is 7.85. The molecule has 4 nitrogen and oxygen atoms in total. The van der Waals surface area contributed by atoms with Gasteiger partial charge in [-0.2, -0.15) is 8.42 Å². The monoisotopic (exact) mass is 206 g/mol. The highest BCUT2D eigenvalue weighted by atomic mass is 32.2. The number of piperidine rings is 3. The highest BCUT2D eigenvalue weighted by Gasteiger charge is 2.42. The third-order valence-electron chi connectivity index (χ3n) is 3.47. The van der Waals surface area contributed by atoms with E-state index in [1.807, 2.05) is 0 Å². The fraction of sp³-hybridized carbons (Fsp3) is 1.00. The molecule has 3 aliphatic rings. The lowest BCUT2D eigenvalue weighted by atomic mass is 9.86. The van der Waals surface area contributed by atoms with Gasteiger partial charge in [-0.25, -0.2) is 0 Å². The Morgan fingerprint density at radius 2 is 1.62 bits per heavy atom. The van der Waals surface area contributed by atoms with Crippen LogP contribution in [0.15, 0.2) is 0 Å². The van der Waals surface area contributed by atoms with Crippen molar-refractivity contribution in [2.24, 2.45) is 5.92 Å². The first kappa shape index (κ1) is 9.43. The molecular formula is C8H16NO3S+. The van der Waals surface area contributed by atoms with Gasteiger partial charge in [0.25, 0.3) is 0 Å². The fourth-order valence-corrected chi connectivity index (χ4v) is 3.76. The van der Waals surface area contributed by atoms with Gasteiger partial charge in [0.1, 0.15) is 0 Å². The van der Waals surface area contributed by atoms with Gasteiger partial charge in [0.15, 0.2) is 0 Å². The summed E-state index contributed by atoms with van der Waals surface area (Å²) in [6.07, 6.45) is 3.40. The fourth-order valence-electron chi connectivity index (χ4n) is 2.68. The van der Waals surface area contributed by atoms with Crippen LogP contribution < -0.4 is 0 Å². The van der Waals surface area contributed by atoms with E-state index in [1.54, 1.807) is 0 Å². The van der Waals surface area contributed by atoms with Gasteiger partial charge in [-0.05, 0) is 25.2 Å². The largest absolute Gasteiger partial charge is 0.316 e. The van der Waals surface area contributed by atoms with Crippen molar-refractivity contribution in [2.75, 3.05) is 25.5 Å². The molecule has 2 bridgehead atoms. The third-order valence-corrected chi connectivity index (χ3v) is 4.35. The number of hydrogen-bond donors (Lipinski definition) is 1. The van der Waals surface area contributed by atoms with Gasteiger partial charge < -0.3 is 4.48 Å². The van der Waals surface area contributed by atoms with Crippen molar-refractivity contribution in [1.82, 2.24) is 0 Å². The van der Waals surface area contributed by atoms with Crippen LogP contribution in [0.25, 0.3) is 0 Å². The minimum atomic E-state index is -3.80. The molecule has 3 heterocycles. The molecule has 0 atom stereocenters. The van der Waals surface area contributed by atoms with Gasteiger partial charge in [0.2, 0.25) is 5.88 Å². The lowest BCUT2D eigenvalue weighted by molar-refractivity contribution is -0.932. The first-order valence-electron chi connectivity index (χ1n) is 4.79. The molecule has 76 valence electrons. The maximum absolute atomic E-state index is 10.8. The summed E-state index contributed by atoms with van der Waals surface area (Å²) in [6.45, 7) is 2.80. The summed E-state index contributed by atoms with van der Waals surface area (Å²) >= 11 is 0. The number of nitrogens with zero attached hydrogens (tertiary/aromatic N) is 1. The SMILES string of the molecule is O=S(=O)(O)C[N+]12CCC(CC1)CC2. The summed E-state index contributed by atoms with van der Waals surface area (Å²) in [6, 6.07) is 0. The van der Waals surface area contributed by atoms with Gasteiger partial charge in [-0.1, -0.05) is 0 Å². The van der Waals surface area contributed by atoms with Crippen LogP contribution >= 0.6 is 0 Å². The molecule has 1 N–H and O–H groups in total. The zero-order valence-corrected chi connectivity index (χ0v) is 8.46. The van der Waals surface area contributed by atoms with Crippen LogP contribution in [0.3, 0.4) is 0 Å². The van der Waals surface area contributed by atoms with Crippen molar-refractivity contribution >= 4 is 10.1 Å². The predicted molar refractivity (Wildman–Crippen MR) is 48.6 cm³/mol. The van der Waals surface area contributed by atoms with Crippen LogP contribution in [0.2, 0.25) is 0 Å². The molecule has 0 saturated carbocycles. The first-order valence-corrected chi connectivity index (χ1v) is 6.40. The molecule has 3 fully saturated rings. The second-order valence-electron chi connectivity index (χ2n) is 4.46. The summed E-state index contributed by atoms with van der Waals surface area (Å²) in [5, 5.41) is 0. The summed E-state index contributed by atoms with van der Waals surface area (Å²) in [7, 11) is -3.80. The van der Waals surface area contributed by atoms with E-state index in [-0.39, 0.29) is 5.88 Å². The molecule has 0 aliphatic carbocycles. The van der Waals surface area contributed by atoms with Gasteiger partial charge in [-0.15, -0.1) is 0 Å². The summed E-state index contributed by atoms with van der Waals surface area (Å²) in [4.78, 5) is 0. The average Bonchev–Trinajstić information content (AvgIpc) is 2.03. The number of rotatable bonds is 2. The first-order chi connectivity index (χ1) is 5.99. The minimum absolute atomic E-state index is 0.0697. The summed E-state index contributed by atoms with van der Waals surface area (Å²) in [5.41, 5.74) is 0. The van der Waals surface area contributed by atoms with Gasteiger partial charge in [0, 0.05) is 0 Å². The Hall–Kier alpha value is -0.130. The van der Waals surface area contributed by atoms with E-state index in [0.29, 0.717) is 4.48 Å². The molecule has 5 heteroatoms. The van der Waals surface area contributed by atoms with Crippen molar-refractivity contribution in [3.63, 3.8) is 0 Å². The molecular weight excluding hydrogens is 190 g/mol. The Kier molecular flexibility index (Phi) is 2.13. The maximum Gasteiger partial charge on any atom is 0.316 e. The van der Waals surface area contributed by atoms with Crippen molar-refractivity contribution < 1.29 is 17.5 Å². The van der Waals surface area contributed by atoms with Gasteiger partial charge in [-0.3, -0.25) is 4.55 Å². The molecule has 0 aromatic heterocycles. The number of quaternary nitrogens is 1. The van der Waals surface area contributed by atoms with E-state index in [9.17, 15) is 8.42 Å². The molecule has 3 saturated heterocycles. The maximum atomic E-state index is 10.8. The van der Waals surface area contributed by atoms with Crippen LogP contribution in [0, 0.1) is 5.92 Å². The molecule has 0 radical (unpaired) electrons. The van der Waals surface area contributed by atoms with Crippen molar-refractivity contribution in [3.8, 4) is 0 Å². The van der Waals surface area contributed by atoms with Crippen LogP contribution in [0.5, 0.6) is 0 Å². The molecule has 3 aliphatic heterocycles. The summed E-state index contributed by atoms with van der Waals surface area (Å²) in [5.74, 6) is 0.751. The van der Waals surface area contributed by atoms with E-state index in [2.05, 4.69) is 0 Å². The smallest absolute Gasteiger partial charge is 0.309 e. The lowest BCUT2D eigenvalue weighted by Crippen LogP contribution is -2.59. The Labute approximate surface area is 78.9 Å². The molecule has 0 unspecified atom stereocenters. The third kappa shape index (κ3) is 2.03. The van der Waals surface area contributed by atoms with Crippen LogP contribution in [-0.4, -0.2) is 43.0 Å². The van der Waals surface area contributed by atoms with E-state index in [1.165, 1.54) is 0 Å². The zero-order valence-electron chi connectivity index (χ0n) is 7.65. The molecule has 0 amide bonds. The second-order valence-corrected chi connectivity index (χ2v) is 5.88.